The molecule has 0 radical (unpaired) electrons. The molecular formula is C17H16N4O5S. The predicted octanol–water partition coefficient (Wildman–Crippen LogP) is 1.16. The van der Waals surface area contributed by atoms with Crippen LogP contribution in [-0.2, 0) is 16.6 Å². The molecule has 140 valence electrons. The Morgan fingerprint density at radius 3 is 2.33 bits per heavy atom. The minimum absolute atomic E-state index is 0.000951. The molecule has 0 unspecified atom stereocenters. The maximum atomic E-state index is 12.2. The van der Waals surface area contributed by atoms with E-state index in [4.69, 9.17) is 4.42 Å². The van der Waals surface area contributed by atoms with E-state index < -0.39 is 21.8 Å². The van der Waals surface area contributed by atoms with E-state index in [0.717, 1.165) is 0 Å². The quantitative estimate of drug-likeness (QED) is 0.470. The summed E-state index contributed by atoms with van der Waals surface area (Å²) in [7, 11) is -3.75. The van der Waals surface area contributed by atoms with Crippen LogP contribution in [0.25, 0.3) is 0 Å². The van der Waals surface area contributed by atoms with Gasteiger partial charge in [0.05, 0.1) is 17.7 Å². The molecule has 0 aliphatic rings. The van der Waals surface area contributed by atoms with Crippen molar-refractivity contribution in [3.05, 3.63) is 78.0 Å². The summed E-state index contributed by atoms with van der Waals surface area (Å²) in [6, 6.07) is 11.8. The number of nitrogens with one attached hydrogen (secondary N) is 4. The van der Waals surface area contributed by atoms with Gasteiger partial charge < -0.3 is 9.40 Å². The van der Waals surface area contributed by atoms with Crippen LogP contribution in [0, 0.1) is 0 Å². The Hall–Kier alpha value is -3.37. The van der Waals surface area contributed by atoms with Crippen molar-refractivity contribution < 1.29 is 22.4 Å². The van der Waals surface area contributed by atoms with Crippen molar-refractivity contribution in [3.63, 3.8) is 0 Å². The topological polar surface area (TPSA) is 133 Å². The lowest BCUT2D eigenvalue weighted by Crippen LogP contribution is -2.41. The fourth-order valence-corrected chi connectivity index (χ4v) is 3.17. The van der Waals surface area contributed by atoms with Crippen LogP contribution in [0.2, 0.25) is 0 Å². The number of hydrogen-bond donors (Lipinski definition) is 4. The number of carbonyl (C=O) groups excluding carboxylic acids is 2. The molecule has 10 heteroatoms. The SMILES string of the molecule is O=C(NNC(=O)c1ccc[nH]1)c1ccc(S(=O)(=O)NCc2ccco2)cc1. The van der Waals surface area contributed by atoms with Gasteiger partial charge in [0, 0.05) is 11.8 Å². The number of carbonyl (C=O) groups is 2. The van der Waals surface area contributed by atoms with E-state index in [-0.39, 0.29) is 17.0 Å². The molecule has 3 aromatic rings. The summed E-state index contributed by atoms with van der Waals surface area (Å²) in [6.07, 6.45) is 3.03. The van der Waals surface area contributed by atoms with E-state index in [1.165, 1.54) is 30.5 Å². The number of sulfonamides is 1. The van der Waals surface area contributed by atoms with E-state index in [1.54, 1.807) is 30.5 Å². The molecular weight excluding hydrogens is 372 g/mol. The summed E-state index contributed by atoms with van der Waals surface area (Å²) in [4.78, 5) is 26.5. The van der Waals surface area contributed by atoms with Crippen molar-refractivity contribution >= 4 is 21.8 Å². The highest BCUT2D eigenvalue weighted by atomic mass is 32.2. The number of hydrazine groups is 1. The number of aromatic amines is 1. The van der Waals surface area contributed by atoms with Crippen molar-refractivity contribution in [2.45, 2.75) is 11.4 Å². The summed E-state index contributed by atoms with van der Waals surface area (Å²) in [5, 5.41) is 0. The molecule has 0 aliphatic carbocycles. The number of amides is 2. The summed E-state index contributed by atoms with van der Waals surface area (Å²) in [5.74, 6) is -0.607. The van der Waals surface area contributed by atoms with Gasteiger partial charge in [0.25, 0.3) is 11.8 Å². The minimum atomic E-state index is -3.75. The molecule has 0 saturated carbocycles. The van der Waals surface area contributed by atoms with Crippen LogP contribution in [0.1, 0.15) is 26.6 Å². The number of aromatic nitrogens is 1. The van der Waals surface area contributed by atoms with Crippen LogP contribution < -0.4 is 15.6 Å². The smallest absolute Gasteiger partial charge is 0.286 e. The zero-order chi connectivity index (χ0) is 19.3. The van der Waals surface area contributed by atoms with E-state index in [1.807, 2.05) is 0 Å². The van der Waals surface area contributed by atoms with Crippen molar-refractivity contribution in [2.75, 3.05) is 0 Å². The summed E-state index contributed by atoms with van der Waals surface area (Å²) >= 11 is 0. The number of benzene rings is 1. The second kappa shape index (κ2) is 7.89. The Labute approximate surface area is 154 Å². The first-order valence-electron chi connectivity index (χ1n) is 7.82. The minimum Gasteiger partial charge on any atom is -0.468 e. The highest BCUT2D eigenvalue weighted by Gasteiger charge is 2.16. The van der Waals surface area contributed by atoms with Crippen molar-refractivity contribution in [1.82, 2.24) is 20.6 Å². The van der Waals surface area contributed by atoms with Gasteiger partial charge in [-0.05, 0) is 48.5 Å². The highest BCUT2D eigenvalue weighted by Crippen LogP contribution is 2.11. The molecule has 0 fully saturated rings. The Kier molecular flexibility index (Phi) is 5.38. The highest BCUT2D eigenvalue weighted by molar-refractivity contribution is 7.89. The van der Waals surface area contributed by atoms with Gasteiger partial charge in [-0.1, -0.05) is 0 Å². The molecule has 0 saturated heterocycles. The normalized spacial score (nSPS) is 11.1. The van der Waals surface area contributed by atoms with E-state index in [9.17, 15) is 18.0 Å². The lowest BCUT2D eigenvalue weighted by atomic mass is 10.2. The zero-order valence-electron chi connectivity index (χ0n) is 13.9. The van der Waals surface area contributed by atoms with Crippen molar-refractivity contribution in [3.8, 4) is 0 Å². The lowest BCUT2D eigenvalue weighted by molar-refractivity contribution is 0.0844. The first-order chi connectivity index (χ1) is 13.0. The molecule has 9 nitrogen and oxygen atoms in total. The van der Waals surface area contributed by atoms with Gasteiger partial charge >= 0.3 is 0 Å². The van der Waals surface area contributed by atoms with Gasteiger partial charge in [-0.25, -0.2) is 13.1 Å². The lowest BCUT2D eigenvalue weighted by Gasteiger charge is -2.08. The first kappa shape index (κ1) is 18.4. The molecule has 0 atom stereocenters. The van der Waals surface area contributed by atoms with Gasteiger partial charge in [0.1, 0.15) is 11.5 Å². The van der Waals surface area contributed by atoms with Gasteiger partial charge in [0.2, 0.25) is 10.0 Å². The predicted molar refractivity (Wildman–Crippen MR) is 94.9 cm³/mol. The largest absolute Gasteiger partial charge is 0.468 e. The fraction of sp³-hybridized carbons (Fsp3) is 0.0588. The average Bonchev–Trinajstić information content (AvgIpc) is 3.38. The van der Waals surface area contributed by atoms with Crippen molar-refractivity contribution in [2.24, 2.45) is 0 Å². The van der Waals surface area contributed by atoms with Gasteiger partial charge in [0.15, 0.2) is 0 Å². The van der Waals surface area contributed by atoms with Crippen LogP contribution in [-0.4, -0.2) is 25.2 Å². The molecule has 2 heterocycles. The maximum absolute atomic E-state index is 12.2. The Morgan fingerprint density at radius 1 is 0.963 bits per heavy atom. The van der Waals surface area contributed by atoms with Crippen LogP contribution in [0.15, 0.2) is 70.3 Å². The molecule has 0 bridgehead atoms. The molecule has 1 aromatic carbocycles. The summed E-state index contributed by atoms with van der Waals surface area (Å²) in [6.45, 7) is 0.0162. The third-order valence-electron chi connectivity index (χ3n) is 3.58. The zero-order valence-corrected chi connectivity index (χ0v) is 14.7. The average molecular weight is 388 g/mol. The second-order valence-corrected chi connectivity index (χ2v) is 7.19. The summed E-state index contributed by atoms with van der Waals surface area (Å²) in [5.41, 5.74) is 4.98. The van der Waals surface area contributed by atoms with E-state index >= 15 is 0 Å². The molecule has 0 spiro atoms. The monoisotopic (exact) mass is 388 g/mol. The number of furan rings is 1. The molecule has 4 N–H and O–H groups in total. The molecule has 0 aliphatic heterocycles. The third kappa shape index (κ3) is 4.63. The van der Waals surface area contributed by atoms with Crippen LogP contribution in [0.4, 0.5) is 0 Å². The Balaban J connectivity index is 1.58. The van der Waals surface area contributed by atoms with Gasteiger partial charge in [-0.3, -0.25) is 20.4 Å². The Morgan fingerprint density at radius 2 is 1.70 bits per heavy atom. The standard InChI is InChI=1S/C17H16N4O5S/c22-16(20-21-17(23)15-4-1-9-18-15)12-5-7-14(8-6-12)27(24,25)19-11-13-3-2-10-26-13/h1-10,18-19H,11H2,(H,20,22)(H,21,23). The maximum Gasteiger partial charge on any atom is 0.286 e. The van der Waals surface area contributed by atoms with E-state index in [2.05, 4.69) is 20.6 Å². The number of H-pyrrole nitrogens is 1. The second-order valence-electron chi connectivity index (χ2n) is 5.42. The van der Waals surface area contributed by atoms with Crippen LogP contribution in [0.5, 0.6) is 0 Å². The fourth-order valence-electron chi connectivity index (χ4n) is 2.17. The molecule has 3 rings (SSSR count). The van der Waals surface area contributed by atoms with Crippen LogP contribution >= 0.6 is 0 Å². The third-order valence-corrected chi connectivity index (χ3v) is 4.99. The number of rotatable bonds is 6. The molecule has 2 amide bonds. The Bertz CT molecular complexity index is 1010. The molecule has 27 heavy (non-hydrogen) atoms. The summed E-state index contributed by atoms with van der Waals surface area (Å²) < 4.78 is 32.0. The first-order valence-corrected chi connectivity index (χ1v) is 9.30. The molecule has 2 aromatic heterocycles. The van der Waals surface area contributed by atoms with Crippen LogP contribution in [0.3, 0.4) is 0 Å². The van der Waals surface area contributed by atoms with Gasteiger partial charge in [-0.15, -0.1) is 0 Å². The van der Waals surface area contributed by atoms with E-state index in [0.29, 0.717) is 11.5 Å². The van der Waals surface area contributed by atoms with Crippen molar-refractivity contribution in [1.29, 1.82) is 0 Å². The van der Waals surface area contributed by atoms with Gasteiger partial charge in [-0.2, -0.15) is 0 Å². The number of hydrogen-bond acceptors (Lipinski definition) is 5.